The molecule has 2 N–H and O–H groups in total. The van der Waals surface area contributed by atoms with Gasteiger partial charge in [0.15, 0.2) is 17.5 Å². The molecular weight excluding hydrogens is 459 g/mol. The Kier molecular flexibility index (Phi) is 11.1. The van der Waals surface area contributed by atoms with Crippen LogP contribution in [-0.2, 0) is 10.2 Å². The van der Waals surface area contributed by atoms with Crippen LogP contribution in [0.4, 0.5) is 0 Å². The molecule has 0 aliphatic carbocycles. The SMILES string of the molecule is CCNC(=NCC(=O)N(C)C)NCC(C)(C)c1ccc(OC)c(OC)c1.I. The van der Waals surface area contributed by atoms with Crippen molar-refractivity contribution in [2.45, 2.75) is 26.2 Å². The number of amides is 1. The van der Waals surface area contributed by atoms with Gasteiger partial charge < -0.3 is 25.0 Å². The maximum atomic E-state index is 11.7. The van der Waals surface area contributed by atoms with Gasteiger partial charge in [0, 0.05) is 32.6 Å². The van der Waals surface area contributed by atoms with Crippen molar-refractivity contribution in [1.82, 2.24) is 15.5 Å². The van der Waals surface area contributed by atoms with E-state index < -0.39 is 0 Å². The van der Waals surface area contributed by atoms with Gasteiger partial charge in [0.05, 0.1) is 14.2 Å². The highest BCUT2D eigenvalue weighted by atomic mass is 127. The summed E-state index contributed by atoms with van der Waals surface area (Å²) in [6, 6.07) is 5.92. The fraction of sp³-hybridized carbons (Fsp3) is 0.579. The summed E-state index contributed by atoms with van der Waals surface area (Å²) >= 11 is 0. The second-order valence-corrected chi connectivity index (χ2v) is 6.79. The molecule has 7 nitrogen and oxygen atoms in total. The largest absolute Gasteiger partial charge is 0.493 e. The van der Waals surface area contributed by atoms with Gasteiger partial charge in [-0.15, -0.1) is 24.0 Å². The Morgan fingerprint density at radius 2 is 1.78 bits per heavy atom. The Labute approximate surface area is 179 Å². The van der Waals surface area contributed by atoms with Crippen molar-refractivity contribution in [1.29, 1.82) is 0 Å². The zero-order valence-electron chi connectivity index (χ0n) is 17.4. The van der Waals surface area contributed by atoms with Crippen LogP contribution in [0.15, 0.2) is 23.2 Å². The lowest BCUT2D eigenvalue weighted by molar-refractivity contribution is -0.127. The fourth-order valence-electron chi connectivity index (χ4n) is 2.29. The smallest absolute Gasteiger partial charge is 0.243 e. The van der Waals surface area contributed by atoms with Crippen LogP contribution in [-0.4, -0.2) is 64.7 Å². The van der Waals surface area contributed by atoms with E-state index in [-0.39, 0.29) is 41.8 Å². The molecule has 1 rings (SSSR count). The number of carbonyl (C=O) groups excluding carboxylic acids is 1. The maximum Gasteiger partial charge on any atom is 0.243 e. The summed E-state index contributed by atoms with van der Waals surface area (Å²) in [5, 5.41) is 6.48. The zero-order valence-corrected chi connectivity index (χ0v) is 19.7. The summed E-state index contributed by atoms with van der Waals surface area (Å²) < 4.78 is 10.7. The number of halogens is 1. The van der Waals surface area contributed by atoms with Crippen LogP contribution in [0.3, 0.4) is 0 Å². The van der Waals surface area contributed by atoms with E-state index in [4.69, 9.17) is 9.47 Å². The number of hydrogen-bond donors (Lipinski definition) is 2. The Balaban J connectivity index is 0.00000676. The highest BCUT2D eigenvalue weighted by Crippen LogP contribution is 2.32. The molecule has 0 heterocycles. The first kappa shape index (κ1) is 25.3. The minimum absolute atomic E-state index is 0. The highest BCUT2D eigenvalue weighted by molar-refractivity contribution is 14.0. The molecule has 0 saturated heterocycles. The third-order valence-electron chi connectivity index (χ3n) is 4.08. The Morgan fingerprint density at radius 3 is 2.30 bits per heavy atom. The maximum absolute atomic E-state index is 11.7. The van der Waals surface area contributed by atoms with Gasteiger partial charge in [0.1, 0.15) is 6.54 Å². The molecule has 0 aliphatic heterocycles. The molecule has 0 spiro atoms. The van der Waals surface area contributed by atoms with Crippen LogP contribution in [0.5, 0.6) is 11.5 Å². The molecule has 0 radical (unpaired) electrons. The van der Waals surface area contributed by atoms with Crippen molar-refractivity contribution < 1.29 is 14.3 Å². The summed E-state index contributed by atoms with van der Waals surface area (Å²) in [4.78, 5) is 17.6. The van der Waals surface area contributed by atoms with E-state index >= 15 is 0 Å². The number of hydrogen-bond acceptors (Lipinski definition) is 4. The molecular formula is C19H33IN4O3. The average molecular weight is 492 g/mol. The van der Waals surface area contributed by atoms with Crippen LogP contribution in [0.2, 0.25) is 0 Å². The predicted octanol–water partition coefficient (Wildman–Crippen LogP) is 2.24. The average Bonchev–Trinajstić information content (AvgIpc) is 2.62. The first-order valence-corrected chi connectivity index (χ1v) is 8.70. The topological polar surface area (TPSA) is 75.2 Å². The normalized spacial score (nSPS) is 11.3. The standard InChI is InChI=1S/C19H32N4O3.HI/c1-8-20-18(21-12-17(24)23(4)5)22-13-19(2,3)14-9-10-15(25-6)16(11-14)26-7;/h9-11H,8,12-13H2,1-7H3,(H2,20,21,22);1H. The number of carbonyl (C=O) groups is 1. The van der Waals surface area contributed by atoms with Crippen LogP contribution in [0, 0.1) is 0 Å². The van der Waals surface area contributed by atoms with Crippen LogP contribution in [0.1, 0.15) is 26.3 Å². The monoisotopic (exact) mass is 492 g/mol. The lowest BCUT2D eigenvalue weighted by Crippen LogP contribution is -2.44. The Morgan fingerprint density at radius 1 is 1.15 bits per heavy atom. The zero-order chi connectivity index (χ0) is 19.7. The number of nitrogens with one attached hydrogen (secondary N) is 2. The van der Waals surface area contributed by atoms with Gasteiger partial charge in [-0.05, 0) is 24.6 Å². The molecule has 0 atom stereocenters. The quantitative estimate of drug-likeness (QED) is 0.331. The van der Waals surface area contributed by atoms with Gasteiger partial charge in [-0.2, -0.15) is 0 Å². The van der Waals surface area contributed by atoms with Crippen molar-refractivity contribution in [2.24, 2.45) is 4.99 Å². The summed E-state index contributed by atoms with van der Waals surface area (Å²) in [7, 11) is 6.69. The van der Waals surface area contributed by atoms with Crippen molar-refractivity contribution in [3.05, 3.63) is 23.8 Å². The van der Waals surface area contributed by atoms with Crippen molar-refractivity contribution in [3.63, 3.8) is 0 Å². The number of guanidine groups is 1. The third kappa shape index (κ3) is 7.82. The van der Waals surface area contributed by atoms with Gasteiger partial charge in [-0.25, -0.2) is 4.99 Å². The van der Waals surface area contributed by atoms with Gasteiger partial charge >= 0.3 is 0 Å². The molecule has 0 fully saturated rings. The molecule has 1 aromatic carbocycles. The van der Waals surface area contributed by atoms with Gasteiger partial charge in [0.2, 0.25) is 5.91 Å². The van der Waals surface area contributed by atoms with Gasteiger partial charge in [-0.1, -0.05) is 19.9 Å². The number of ether oxygens (including phenoxy) is 2. The first-order valence-electron chi connectivity index (χ1n) is 8.70. The van der Waals surface area contributed by atoms with Gasteiger partial charge in [-0.3, -0.25) is 4.79 Å². The van der Waals surface area contributed by atoms with E-state index in [0.29, 0.717) is 24.0 Å². The second-order valence-electron chi connectivity index (χ2n) is 6.79. The predicted molar refractivity (Wildman–Crippen MR) is 121 cm³/mol. The number of methoxy groups -OCH3 is 2. The van der Waals surface area contributed by atoms with E-state index in [0.717, 1.165) is 12.1 Å². The van der Waals surface area contributed by atoms with Crippen LogP contribution >= 0.6 is 24.0 Å². The highest BCUT2D eigenvalue weighted by Gasteiger charge is 2.23. The summed E-state index contributed by atoms with van der Waals surface area (Å²) in [6.45, 7) is 7.73. The van der Waals surface area contributed by atoms with E-state index in [9.17, 15) is 4.79 Å². The number of likely N-dealkylation sites (N-methyl/N-ethyl adjacent to an activating group) is 1. The lowest BCUT2D eigenvalue weighted by atomic mass is 9.84. The molecule has 154 valence electrons. The number of benzene rings is 1. The molecule has 0 aliphatic rings. The number of aliphatic imine (C=N–C) groups is 1. The van der Waals surface area contributed by atoms with E-state index in [1.54, 1.807) is 28.3 Å². The van der Waals surface area contributed by atoms with E-state index in [2.05, 4.69) is 29.5 Å². The number of nitrogens with zero attached hydrogens (tertiary/aromatic N) is 2. The minimum Gasteiger partial charge on any atom is -0.493 e. The molecule has 1 amide bonds. The molecule has 1 aromatic rings. The molecule has 0 aromatic heterocycles. The third-order valence-corrected chi connectivity index (χ3v) is 4.08. The Bertz CT molecular complexity index is 633. The molecule has 27 heavy (non-hydrogen) atoms. The number of rotatable bonds is 8. The molecule has 0 bridgehead atoms. The van der Waals surface area contributed by atoms with E-state index in [1.807, 2.05) is 25.1 Å². The van der Waals surface area contributed by atoms with Crippen molar-refractivity contribution in [2.75, 3.05) is 47.9 Å². The van der Waals surface area contributed by atoms with Gasteiger partial charge in [0.25, 0.3) is 0 Å². The van der Waals surface area contributed by atoms with Crippen LogP contribution in [0.25, 0.3) is 0 Å². The lowest BCUT2D eigenvalue weighted by Gasteiger charge is -2.27. The first-order chi connectivity index (χ1) is 12.2. The van der Waals surface area contributed by atoms with Crippen molar-refractivity contribution in [3.8, 4) is 11.5 Å². The summed E-state index contributed by atoms with van der Waals surface area (Å²) in [5.41, 5.74) is 0.934. The molecule has 0 unspecified atom stereocenters. The molecule has 8 heteroatoms. The fourth-order valence-corrected chi connectivity index (χ4v) is 2.29. The summed E-state index contributed by atoms with van der Waals surface area (Å²) in [6.07, 6.45) is 0. The minimum atomic E-state index is -0.179. The molecule has 0 saturated carbocycles. The second kappa shape index (κ2) is 11.9. The van der Waals surface area contributed by atoms with Crippen molar-refractivity contribution >= 4 is 35.8 Å². The van der Waals surface area contributed by atoms with E-state index in [1.165, 1.54) is 4.90 Å². The van der Waals surface area contributed by atoms with Crippen LogP contribution < -0.4 is 20.1 Å². The Hall–Kier alpha value is -1.71. The summed E-state index contributed by atoms with van der Waals surface area (Å²) in [5.74, 6) is 1.99.